The Bertz CT molecular complexity index is 407. The minimum Gasteiger partial charge on any atom is -0.462 e. The predicted octanol–water partition coefficient (Wildman–Crippen LogP) is 2.76. The molecule has 0 N–H and O–H groups in total. The van der Waals surface area contributed by atoms with E-state index >= 15 is 0 Å². The lowest BCUT2D eigenvalue weighted by Gasteiger charge is -2.09. The van der Waals surface area contributed by atoms with E-state index in [1.54, 1.807) is 24.3 Å². The van der Waals surface area contributed by atoms with E-state index in [1.807, 2.05) is 13.0 Å². The number of rotatable bonds is 4. The number of carbonyl (C=O) groups excluding carboxylic acids is 1. The molecule has 0 radical (unpaired) electrons. The zero-order chi connectivity index (χ0) is 12.0. The van der Waals surface area contributed by atoms with Gasteiger partial charge >= 0.3 is 5.97 Å². The molecule has 0 amide bonds. The van der Waals surface area contributed by atoms with Crippen molar-refractivity contribution in [3.05, 3.63) is 35.4 Å². The van der Waals surface area contributed by atoms with Crippen LogP contribution in [0.5, 0.6) is 0 Å². The molecule has 16 heavy (non-hydrogen) atoms. The summed E-state index contributed by atoms with van der Waals surface area (Å²) < 4.78 is 5.13. The van der Waals surface area contributed by atoms with Crippen LogP contribution in [0.1, 0.15) is 36.2 Å². The molecule has 0 heterocycles. The number of hydrogen-bond donors (Lipinski definition) is 0. The monoisotopic (exact) mass is 217 g/mol. The van der Waals surface area contributed by atoms with Gasteiger partial charge in [0.05, 0.1) is 23.8 Å². The Balaban J connectivity index is 2.63. The van der Waals surface area contributed by atoms with Gasteiger partial charge in [0.1, 0.15) is 0 Å². The highest BCUT2D eigenvalue weighted by Gasteiger charge is 2.09. The van der Waals surface area contributed by atoms with E-state index in [-0.39, 0.29) is 5.97 Å². The first-order chi connectivity index (χ1) is 7.67. The third-order valence-corrected chi connectivity index (χ3v) is 2.42. The van der Waals surface area contributed by atoms with Gasteiger partial charge in [-0.15, -0.1) is 0 Å². The normalized spacial score (nSPS) is 11.6. The van der Waals surface area contributed by atoms with Crippen LogP contribution < -0.4 is 0 Å². The predicted molar refractivity (Wildman–Crippen MR) is 60.9 cm³/mol. The molecule has 1 atom stereocenters. The standard InChI is InChI=1S/C13H15NO2/c1-3-10(2)9-16-13(15)12-6-4-5-11(7-12)8-14/h4-7,10H,3,9H2,1-2H3/t10-/m1/s1. The molecule has 0 spiro atoms. The Morgan fingerprint density at radius 1 is 1.56 bits per heavy atom. The van der Waals surface area contributed by atoms with E-state index in [0.29, 0.717) is 23.7 Å². The summed E-state index contributed by atoms with van der Waals surface area (Å²) in [7, 11) is 0. The Morgan fingerprint density at radius 3 is 2.94 bits per heavy atom. The van der Waals surface area contributed by atoms with Gasteiger partial charge in [0.15, 0.2) is 0 Å². The largest absolute Gasteiger partial charge is 0.462 e. The van der Waals surface area contributed by atoms with Crippen molar-refractivity contribution in [1.29, 1.82) is 5.26 Å². The number of nitriles is 1. The van der Waals surface area contributed by atoms with E-state index in [9.17, 15) is 4.79 Å². The second-order valence-corrected chi connectivity index (χ2v) is 3.80. The quantitative estimate of drug-likeness (QED) is 0.728. The average molecular weight is 217 g/mol. The molecule has 0 fully saturated rings. The highest BCUT2D eigenvalue weighted by Crippen LogP contribution is 2.08. The van der Waals surface area contributed by atoms with Crippen LogP contribution in [-0.4, -0.2) is 12.6 Å². The maximum absolute atomic E-state index is 11.6. The lowest BCUT2D eigenvalue weighted by molar-refractivity contribution is 0.0447. The van der Waals surface area contributed by atoms with Crippen molar-refractivity contribution in [1.82, 2.24) is 0 Å². The molecule has 1 aromatic carbocycles. The van der Waals surface area contributed by atoms with Crippen LogP contribution in [0.3, 0.4) is 0 Å². The first-order valence-electron chi connectivity index (χ1n) is 5.34. The number of carbonyl (C=O) groups is 1. The molecule has 0 aliphatic heterocycles. The van der Waals surface area contributed by atoms with Crippen molar-refractivity contribution in [2.24, 2.45) is 5.92 Å². The van der Waals surface area contributed by atoms with Gasteiger partial charge in [-0.2, -0.15) is 5.26 Å². The first kappa shape index (κ1) is 12.3. The Hall–Kier alpha value is -1.82. The summed E-state index contributed by atoms with van der Waals surface area (Å²) in [5.74, 6) is 0.000462. The van der Waals surface area contributed by atoms with Crippen LogP contribution in [0.2, 0.25) is 0 Å². The molecule has 3 heteroatoms. The van der Waals surface area contributed by atoms with Crippen molar-refractivity contribution in [2.45, 2.75) is 20.3 Å². The fraction of sp³-hybridized carbons (Fsp3) is 0.385. The van der Waals surface area contributed by atoms with Crippen LogP contribution >= 0.6 is 0 Å². The number of esters is 1. The van der Waals surface area contributed by atoms with E-state index in [4.69, 9.17) is 10.00 Å². The van der Waals surface area contributed by atoms with E-state index in [2.05, 4.69) is 6.92 Å². The second kappa shape index (κ2) is 5.92. The Kier molecular flexibility index (Phi) is 4.53. The molecule has 0 saturated carbocycles. The van der Waals surface area contributed by atoms with Gasteiger partial charge in [-0.1, -0.05) is 26.3 Å². The summed E-state index contributed by atoms with van der Waals surface area (Å²) in [5, 5.41) is 8.70. The highest BCUT2D eigenvalue weighted by atomic mass is 16.5. The fourth-order valence-corrected chi connectivity index (χ4v) is 1.13. The summed E-state index contributed by atoms with van der Waals surface area (Å²) in [5.41, 5.74) is 0.903. The summed E-state index contributed by atoms with van der Waals surface area (Å²) in [4.78, 5) is 11.6. The van der Waals surface area contributed by atoms with Crippen LogP contribution in [0.25, 0.3) is 0 Å². The number of ether oxygens (including phenoxy) is 1. The summed E-state index contributed by atoms with van der Waals surface area (Å²) in [6.07, 6.45) is 0.978. The molecule has 0 saturated heterocycles. The number of hydrogen-bond acceptors (Lipinski definition) is 3. The SMILES string of the molecule is CC[C@@H](C)COC(=O)c1cccc(C#N)c1. The van der Waals surface area contributed by atoms with Gasteiger partial charge in [-0.05, 0) is 24.1 Å². The van der Waals surface area contributed by atoms with Crippen LogP contribution in [-0.2, 0) is 4.74 Å². The van der Waals surface area contributed by atoms with Gasteiger partial charge in [0.25, 0.3) is 0 Å². The fourth-order valence-electron chi connectivity index (χ4n) is 1.13. The maximum atomic E-state index is 11.6. The minimum absolute atomic E-state index is 0.364. The molecule has 0 aliphatic carbocycles. The molecule has 1 rings (SSSR count). The first-order valence-corrected chi connectivity index (χ1v) is 5.34. The van der Waals surface area contributed by atoms with Gasteiger partial charge in [-0.3, -0.25) is 0 Å². The van der Waals surface area contributed by atoms with E-state index in [0.717, 1.165) is 6.42 Å². The smallest absolute Gasteiger partial charge is 0.338 e. The highest BCUT2D eigenvalue weighted by molar-refractivity contribution is 5.89. The van der Waals surface area contributed by atoms with Gasteiger partial charge in [0, 0.05) is 0 Å². The summed E-state index contributed by atoms with van der Waals surface area (Å²) in [6, 6.07) is 8.52. The Morgan fingerprint density at radius 2 is 2.31 bits per heavy atom. The summed E-state index contributed by atoms with van der Waals surface area (Å²) >= 11 is 0. The molecule has 0 bridgehead atoms. The van der Waals surface area contributed by atoms with Crippen LogP contribution in [0.15, 0.2) is 24.3 Å². The molecular weight excluding hydrogens is 202 g/mol. The molecule has 84 valence electrons. The van der Waals surface area contributed by atoms with Crippen molar-refractivity contribution < 1.29 is 9.53 Å². The zero-order valence-corrected chi connectivity index (χ0v) is 9.56. The zero-order valence-electron chi connectivity index (χ0n) is 9.56. The topological polar surface area (TPSA) is 50.1 Å². The molecular formula is C13H15NO2. The maximum Gasteiger partial charge on any atom is 0.338 e. The van der Waals surface area contributed by atoms with Gasteiger partial charge < -0.3 is 4.74 Å². The van der Waals surface area contributed by atoms with Gasteiger partial charge in [-0.25, -0.2) is 4.79 Å². The third kappa shape index (κ3) is 3.39. The second-order valence-electron chi connectivity index (χ2n) is 3.80. The van der Waals surface area contributed by atoms with Crippen molar-refractivity contribution in [3.63, 3.8) is 0 Å². The van der Waals surface area contributed by atoms with Gasteiger partial charge in [0.2, 0.25) is 0 Å². The molecule has 1 aromatic rings. The number of nitrogens with zero attached hydrogens (tertiary/aromatic N) is 1. The average Bonchev–Trinajstić information content (AvgIpc) is 2.35. The molecule has 0 unspecified atom stereocenters. The van der Waals surface area contributed by atoms with Crippen molar-refractivity contribution >= 4 is 5.97 Å². The summed E-state index contributed by atoms with van der Waals surface area (Å²) in [6.45, 7) is 4.50. The Labute approximate surface area is 95.7 Å². The van der Waals surface area contributed by atoms with E-state index in [1.165, 1.54) is 0 Å². The molecule has 0 aromatic heterocycles. The number of benzene rings is 1. The lowest BCUT2D eigenvalue weighted by Crippen LogP contribution is -2.11. The minimum atomic E-state index is -0.364. The van der Waals surface area contributed by atoms with E-state index < -0.39 is 0 Å². The van der Waals surface area contributed by atoms with Crippen molar-refractivity contribution in [3.8, 4) is 6.07 Å². The molecule has 3 nitrogen and oxygen atoms in total. The van der Waals surface area contributed by atoms with Crippen LogP contribution in [0.4, 0.5) is 0 Å². The van der Waals surface area contributed by atoms with Crippen LogP contribution in [0, 0.1) is 17.2 Å². The third-order valence-electron chi connectivity index (χ3n) is 2.42. The molecule has 0 aliphatic rings. The lowest BCUT2D eigenvalue weighted by atomic mass is 10.1. The van der Waals surface area contributed by atoms with Crippen molar-refractivity contribution in [2.75, 3.05) is 6.61 Å².